The molecule has 0 saturated carbocycles. The van der Waals surface area contributed by atoms with E-state index in [4.69, 9.17) is 0 Å². The second-order valence-electron chi connectivity index (χ2n) is 6.05. The Bertz CT molecular complexity index is 1180. The van der Waals surface area contributed by atoms with Crippen molar-refractivity contribution < 1.29 is 4.79 Å². The molecular weight excluding hydrogens is 400 g/mol. The summed E-state index contributed by atoms with van der Waals surface area (Å²) in [6.07, 6.45) is 1.68. The van der Waals surface area contributed by atoms with E-state index >= 15 is 0 Å². The van der Waals surface area contributed by atoms with Gasteiger partial charge in [-0.1, -0.05) is 0 Å². The summed E-state index contributed by atoms with van der Waals surface area (Å²) in [6, 6.07) is 3.87. The highest BCUT2D eigenvalue weighted by atomic mass is 32.1. The smallest absolute Gasteiger partial charge is 0.262 e. The van der Waals surface area contributed by atoms with Gasteiger partial charge in [0, 0.05) is 33.7 Å². The molecule has 0 saturated heterocycles. The van der Waals surface area contributed by atoms with Gasteiger partial charge in [0.05, 0.1) is 17.4 Å². The van der Waals surface area contributed by atoms with Gasteiger partial charge >= 0.3 is 0 Å². The third-order valence-corrected chi connectivity index (χ3v) is 6.64. The van der Waals surface area contributed by atoms with Crippen LogP contribution >= 0.6 is 34.0 Å². The van der Waals surface area contributed by atoms with Gasteiger partial charge in [-0.15, -0.1) is 34.0 Å². The van der Waals surface area contributed by atoms with Crippen LogP contribution in [-0.2, 0) is 11.3 Å². The van der Waals surface area contributed by atoms with Gasteiger partial charge < -0.3 is 5.32 Å². The molecule has 0 radical (unpaired) electrons. The van der Waals surface area contributed by atoms with Gasteiger partial charge in [-0.25, -0.2) is 9.97 Å². The van der Waals surface area contributed by atoms with Crippen LogP contribution in [0, 0.1) is 13.8 Å². The first kappa shape index (κ1) is 18.0. The highest BCUT2D eigenvalue weighted by Gasteiger charge is 2.12. The molecule has 27 heavy (non-hydrogen) atoms. The summed E-state index contributed by atoms with van der Waals surface area (Å²) in [6.45, 7) is 4.42. The predicted molar refractivity (Wildman–Crippen MR) is 112 cm³/mol. The normalized spacial score (nSPS) is 11.2. The average molecular weight is 417 g/mol. The van der Waals surface area contributed by atoms with Crippen molar-refractivity contribution >= 4 is 55.3 Å². The Morgan fingerprint density at radius 3 is 2.93 bits per heavy atom. The van der Waals surface area contributed by atoms with E-state index in [1.54, 1.807) is 17.4 Å². The molecule has 6 nitrogen and oxygen atoms in total. The molecule has 9 heteroatoms. The molecule has 1 amide bonds. The summed E-state index contributed by atoms with van der Waals surface area (Å²) in [5.74, 6) is -0.175. The monoisotopic (exact) mass is 416 g/mol. The molecule has 0 aliphatic rings. The SMILES string of the molecule is Cc1cc(-c2csc(NC(=O)CCn3cnc4sccc4c3=O)n2)c(C)s1. The van der Waals surface area contributed by atoms with E-state index in [1.807, 2.05) is 10.8 Å². The predicted octanol–water partition coefficient (Wildman–Crippen LogP) is 4.29. The number of nitrogens with zero attached hydrogens (tertiary/aromatic N) is 3. The second kappa shape index (κ2) is 7.34. The van der Waals surface area contributed by atoms with E-state index in [2.05, 4.69) is 35.2 Å². The van der Waals surface area contributed by atoms with Gasteiger partial charge in [0.15, 0.2) is 5.13 Å². The molecule has 4 heterocycles. The molecule has 4 aromatic heterocycles. The zero-order chi connectivity index (χ0) is 19.0. The summed E-state index contributed by atoms with van der Waals surface area (Å²) in [7, 11) is 0. The van der Waals surface area contributed by atoms with Crippen molar-refractivity contribution in [1.29, 1.82) is 0 Å². The molecule has 0 aromatic carbocycles. The lowest BCUT2D eigenvalue weighted by molar-refractivity contribution is -0.116. The van der Waals surface area contributed by atoms with Gasteiger partial charge in [0.25, 0.3) is 5.56 Å². The van der Waals surface area contributed by atoms with E-state index in [1.165, 1.54) is 43.3 Å². The molecule has 0 unspecified atom stereocenters. The number of fused-ring (bicyclic) bond motifs is 1. The summed E-state index contributed by atoms with van der Waals surface area (Å²) in [4.78, 5) is 36.5. The molecule has 4 aromatic rings. The Morgan fingerprint density at radius 2 is 2.15 bits per heavy atom. The van der Waals surface area contributed by atoms with Crippen molar-refractivity contribution in [3.8, 4) is 11.3 Å². The Labute approximate surface area is 167 Å². The van der Waals surface area contributed by atoms with Crippen molar-refractivity contribution in [2.75, 3.05) is 5.32 Å². The van der Waals surface area contributed by atoms with E-state index in [0.717, 1.165) is 16.1 Å². The van der Waals surface area contributed by atoms with Crippen LogP contribution < -0.4 is 10.9 Å². The van der Waals surface area contributed by atoms with Gasteiger partial charge in [0.2, 0.25) is 5.91 Å². The minimum atomic E-state index is -0.175. The van der Waals surface area contributed by atoms with Crippen LogP contribution in [0.25, 0.3) is 21.5 Å². The molecule has 1 N–H and O–H groups in total. The summed E-state index contributed by atoms with van der Waals surface area (Å²) in [5.41, 5.74) is 1.87. The molecule has 0 atom stereocenters. The summed E-state index contributed by atoms with van der Waals surface area (Å²) >= 11 is 4.57. The van der Waals surface area contributed by atoms with Crippen LogP contribution in [0.3, 0.4) is 0 Å². The number of carbonyl (C=O) groups excluding carboxylic acids is 1. The molecule has 0 aliphatic carbocycles. The molecule has 138 valence electrons. The first-order chi connectivity index (χ1) is 13.0. The molecule has 0 aliphatic heterocycles. The van der Waals surface area contributed by atoms with Crippen LogP contribution in [0.4, 0.5) is 5.13 Å². The van der Waals surface area contributed by atoms with Gasteiger partial charge in [0.1, 0.15) is 4.83 Å². The standard InChI is InChI=1S/C18H16N4O2S3/c1-10-7-13(11(2)27-10)14-8-26-18(20-14)21-15(23)3-5-22-9-19-16-12(17(22)24)4-6-25-16/h4,6-9H,3,5H2,1-2H3,(H,20,21,23). The number of aromatic nitrogens is 3. The Morgan fingerprint density at radius 1 is 1.30 bits per heavy atom. The first-order valence-corrected chi connectivity index (χ1v) is 10.8. The van der Waals surface area contributed by atoms with Crippen LogP contribution in [0.5, 0.6) is 0 Å². The van der Waals surface area contributed by atoms with E-state index in [-0.39, 0.29) is 24.4 Å². The summed E-state index contributed by atoms with van der Waals surface area (Å²) < 4.78 is 1.47. The summed E-state index contributed by atoms with van der Waals surface area (Å²) in [5, 5.41) is 7.76. The highest BCUT2D eigenvalue weighted by Crippen LogP contribution is 2.32. The lowest BCUT2D eigenvalue weighted by Gasteiger charge is -2.05. The number of carbonyl (C=O) groups is 1. The second-order valence-corrected chi connectivity index (χ2v) is 9.26. The van der Waals surface area contributed by atoms with Crippen molar-refractivity contribution in [1.82, 2.24) is 14.5 Å². The van der Waals surface area contributed by atoms with Crippen LogP contribution in [-0.4, -0.2) is 20.4 Å². The first-order valence-electron chi connectivity index (χ1n) is 8.26. The minimum absolute atomic E-state index is 0.117. The third kappa shape index (κ3) is 3.71. The average Bonchev–Trinajstić information content (AvgIpc) is 3.34. The lowest BCUT2D eigenvalue weighted by atomic mass is 10.2. The van der Waals surface area contributed by atoms with Gasteiger partial charge in [-0.05, 0) is 31.4 Å². The zero-order valence-corrected chi connectivity index (χ0v) is 17.1. The Balaban J connectivity index is 1.41. The fourth-order valence-electron chi connectivity index (χ4n) is 2.80. The minimum Gasteiger partial charge on any atom is -0.302 e. The number of amides is 1. The Kier molecular flexibility index (Phi) is 4.90. The van der Waals surface area contributed by atoms with Gasteiger partial charge in [-0.2, -0.15) is 0 Å². The van der Waals surface area contributed by atoms with Crippen molar-refractivity contribution in [3.05, 3.63) is 49.3 Å². The number of anilines is 1. The third-order valence-electron chi connectivity index (χ3n) is 4.10. The maximum absolute atomic E-state index is 12.3. The number of thiophene rings is 2. The largest absolute Gasteiger partial charge is 0.302 e. The quantitative estimate of drug-likeness (QED) is 0.527. The fourth-order valence-corrected chi connectivity index (χ4v) is 5.18. The van der Waals surface area contributed by atoms with Crippen molar-refractivity contribution in [2.24, 2.45) is 0 Å². The van der Waals surface area contributed by atoms with E-state index in [0.29, 0.717) is 10.5 Å². The number of rotatable bonds is 5. The number of hydrogen-bond donors (Lipinski definition) is 1. The zero-order valence-electron chi connectivity index (χ0n) is 14.7. The molecular formula is C18H16N4O2S3. The van der Waals surface area contributed by atoms with E-state index < -0.39 is 0 Å². The maximum atomic E-state index is 12.3. The topological polar surface area (TPSA) is 76.9 Å². The maximum Gasteiger partial charge on any atom is 0.262 e. The lowest BCUT2D eigenvalue weighted by Crippen LogP contribution is -2.23. The number of thiazole rings is 1. The Hall–Kier alpha value is -2.36. The number of aryl methyl sites for hydroxylation is 3. The molecule has 0 spiro atoms. The van der Waals surface area contributed by atoms with Crippen LogP contribution in [0.15, 0.2) is 34.0 Å². The molecule has 0 fully saturated rings. The fraction of sp³-hybridized carbons (Fsp3) is 0.222. The van der Waals surface area contributed by atoms with Crippen molar-refractivity contribution in [2.45, 2.75) is 26.8 Å². The number of hydrogen-bond acceptors (Lipinski definition) is 7. The van der Waals surface area contributed by atoms with Crippen LogP contribution in [0.1, 0.15) is 16.2 Å². The van der Waals surface area contributed by atoms with E-state index in [9.17, 15) is 9.59 Å². The molecule has 0 bridgehead atoms. The van der Waals surface area contributed by atoms with Gasteiger partial charge in [-0.3, -0.25) is 14.2 Å². The van der Waals surface area contributed by atoms with Crippen LogP contribution in [0.2, 0.25) is 0 Å². The van der Waals surface area contributed by atoms with Crippen molar-refractivity contribution in [3.63, 3.8) is 0 Å². The highest BCUT2D eigenvalue weighted by molar-refractivity contribution is 7.16. The number of nitrogens with one attached hydrogen (secondary N) is 1. The molecule has 4 rings (SSSR count).